The number of ether oxygens (including phenoxy) is 7. The number of nitrogens with two attached hydrogens (primary N) is 1. The van der Waals surface area contributed by atoms with E-state index in [1.54, 1.807) is 26.4 Å². The van der Waals surface area contributed by atoms with Crippen molar-refractivity contribution in [2.75, 3.05) is 55.7 Å². The molecule has 3 aliphatic rings. The molecule has 8 rings (SSSR count). The fourth-order valence-electron chi connectivity index (χ4n) is 9.39. The number of hydrogen-bond acceptors (Lipinski definition) is 11. The van der Waals surface area contributed by atoms with Gasteiger partial charge in [0.25, 0.3) is 0 Å². The molecule has 7 atom stereocenters. The van der Waals surface area contributed by atoms with Crippen molar-refractivity contribution in [3.05, 3.63) is 118 Å². The van der Waals surface area contributed by atoms with Crippen molar-refractivity contribution in [3.8, 4) is 23.0 Å². The van der Waals surface area contributed by atoms with Crippen LogP contribution < -0.4 is 24.7 Å². The SMILES string of the molecule is COC(=O)[C@H]1[C@H]2C[C@@H]3c4[nH]c5cc(OC)ccc5c4CCN3C[C@H]2C[C@@H](OC(=O)c2cc(OC)c(OC)c(OC)c2)[C@@H]1OC.Cc1ccc(C(N)c2ccccc2)cc1. The molecule has 0 radical (unpaired) electrons. The number of benzene rings is 4. The van der Waals surface area contributed by atoms with Crippen molar-refractivity contribution in [1.82, 2.24) is 9.88 Å². The number of hydrogen-bond donors (Lipinski definition) is 2. The van der Waals surface area contributed by atoms with Gasteiger partial charge in [-0.1, -0.05) is 60.2 Å². The number of aromatic amines is 1. The molecule has 5 aromatic rings. The summed E-state index contributed by atoms with van der Waals surface area (Å²) in [5.41, 5.74) is 13.6. The van der Waals surface area contributed by atoms with Crippen LogP contribution in [-0.4, -0.2) is 89.8 Å². The molecule has 2 aliphatic heterocycles. The van der Waals surface area contributed by atoms with E-state index in [-0.39, 0.29) is 35.5 Å². The maximum absolute atomic E-state index is 13.5. The van der Waals surface area contributed by atoms with E-state index < -0.39 is 24.1 Å². The van der Waals surface area contributed by atoms with E-state index in [1.165, 1.54) is 50.6 Å². The van der Waals surface area contributed by atoms with Gasteiger partial charge in [-0.15, -0.1) is 0 Å². The van der Waals surface area contributed by atoms with Crippen molar-refractivity contribution >= 4 is 22.8 Å². The number of piperidine rings is 1. The van der Waals surface area contributed by atoms with Crippen molar-refractivity contribution < 1.29 is 42.7 Å². The second-order valence-electron chi connectivity index (χ2n) is 15.5. The topological polar surface area (TPSA) is 144 Å². The van der Waals surface area contributed by atoms with Crippen LogP contribution in [0.25, 0.3) is 10.9 Å². The fraction of sp³-hybridized carbons (Fsp3) is 0.404. The Morgan fingerprint density at radius 3 is 2.14 bits per heavy atom. The van der Waals surface area contributed by atoms with E-state index in [1.807, 2.05) is 30.3 Å². The van der Waals surface area contributed by atoms with Crippen LogP contribution in [0, 0.1) is 24.7 Å². The normalized spacial score (nSPS) is 22.6. The second kappa shape index (κ2) is 18.1. The van der Waals surface area contributed by atoms with Gasteiger partial charge in [-0.3, -0.25) is 9.69 Å². The summed E-state index contributed by atoms with van der Waals surface area (Å²) in [4.78, 5) is 33.1. The summed E-state index contributed by atoms with van der Waals surface area (Å²) in [7, 11) is 9.10. The molecule has 0 amide bonds. The first-order valence-corrected chi connectivity index (χ1v) is 20.0. The predicted octanol–water partition coefficient (Wildman–Crippen LogP) is 7.21. The molecule has 0 bridgehead atoms. The number of carbonyl (C=O) groups is 2. The standard InChI is InChI=1S/C33H40N2O9.C14H15N/c1-38-19-7-8-20-21-9-10-35-16-18-13-27(44-32(36)17-11-25(39-2)30(41-4)26(12-17)40-3)31(42-5)28(33(37)43-6)22(18)15-24(35)29(21)34-23(20)14-19;1-11-7-9-13(10-8-11)14(15)12-5-3-2-4-6-12/h7-8,11-12,14,18,22,24,27-28,31,34H,9-10,13,15-16H2,1-6H3;2-10,14H,15H2,1H3/t18-,22+,24-,27-,28+,31+;/m1./s1. The number of nitrogens with zero attached hydrogens (tertiary/aromatic N) is 1. The van der Waals surface area contributed by atoms with Crippen molar-refractivity contribution in [2.45, 2.75) is 50.5 Å². The Morgan fingerprint density at radius 2 is 1.51 bits per heavy atom. The summed E-state index contributed by atoms with van der Waals surface area (Å²) in [6.07, 6.45) is 0.920. The fourth-order valence-corrected chi connectivity index (χ4v) is 9.39. The Kier molecular flexibility index (Phi) is 12.8. The average molecular weight is 806 g/mol. The van der Waals surface area contributed by atoms with Crippen LogP contribution in [-0.2, 0) is 25.4 Å². The van der Waals surface area contributed by atoms with Gasteiger partial charge in [-0.2, -0.15) is 0 Å². The number of esters is 2. The van der Waals surface area contributed by atoms with E-state index in [0.717, 1.165) is 48.3 Å². The Hall–Kier alpha value is -5.56. The first-order valence-electron chi connectivity index (χ1n) is 20.0. The Bertz CT molecular complexity index is 2220. The van der Waals surface area contributed by atoms with E-state index in [0.29, 0.717) is 23.7 Å². The molecule has 59 heavy (non-hydrogen) atoms. The number of methoxy groups -OCH3 is 6. The molecule has 1 aliphatic carbocycles. The van der Waals surface area contributed by atoms with Crippen molar-refractivity contribution in [1.29, 1.82) is 0 Å². The van der Waals surface area contributed by atoms with E-state index in [2.05, 4.69) is 59.3 Å². The summed E-state index contributed by atoms with van der Waals surface area (Å²) in [6.45, 7) is 3.76. The van der Waals surface area contributed by atoms with Gasteiger partial charge in [0.2, 0.25) is 5.75 Å². The van der Waals surface area contributed by atoms with Gasteiger partial charge in [0.05, 0.1) is 59.1 Å². The van der Waals surface area contributed by atoms with Crippen LogP contribution in [0.15, 0.2) is 84.9 Å². The van der Waals surface area contributed by atoms with Gasteiger partial charge < -0.3 is 43.9 Å². The van der Waals surface area contributed by atoms with Gasteiger partial charge in [0.1, 0.15) is 18.0 Å². The maximum atomic E-state index is 13.5. The summed E-state index contributed by atoms with van der Waals surface area (Å²) >= 11 is 0. The van der Waals surface area contributed by atoms with Gasteiger partial charge in [-0.05, 0) is 79.0 Å². The third-order valence-corrected chi connectivity index (χ3v) is 12.4. The smallest absolute Gasteiger partial charge is 0.338 e. The highest BCUT2D eigenvalue weighted by Gasteiger charge is 2.54. The third kappa shape index (κ3) is 8.35. The van der Waals surface area contributed by atoms with E-state index in [4.69, 9.17) is 38.9 Å². The molecule has 3 N–H and O–H groups in total. The molecule has 12 heteroatoms. The lowest BCUT2D eigenvalue weighted by Crippen LogP contribution is -2.58. The highest BCUT2D eigenvalue weighted by Crippen LogP contribution is 2.51. The molecule has 0 spiro atoms. The highest BCUT2D eigenvalue weighted by atomic mass is 16.6. The first kappa shape index (κ1) is 41.6. The molecule has 12 nitrogen and oxygen atoms in total. The number of H-pyrrole nitrogens is 1. The van der Waals surface area contributed by atoms with Crippen molar-refractivity contribution in [3.63, 3.8) is 0 Å². The van der Waals surface area contributed by atoms with Crippen LogP contribution in [0.4, 0.5) is 0 Å². The minimum atomic E-state index is -0.670. The quantitative estimate of drug-likeness (QED) is 0.138. The average Bonchev–Trinajstić information content (AvgIpc) is 3.66. The summed E-state index contributed by atoms with van der Waals surface area (Å²) in [5.74, 6) is 0.441. The molecule has 1 aromatic heterocycles. The Labute approximate surface area is 345 Å². The summed E-state index contributed by atoms with van der Waals surface area (Å²) < 4.78 is 39.1. The Morgan fingerprint density at radius 1 is 0.814 bits per heavy atom. The molecule has 4 aromatic carbocycles. The minimum absolute atomic E-state index is 0.0170. The van der Waals surface area contributed by atoms with Crippen LogP contribution in [0.1, 0.15) is 63.2 Å². The lowest BCUT2D eigenvalue weighted by Gasteiger charge is -2.52. The molecule has 1 saturated heterocycles. The predicted molar refractivity (Wildman–Crippen MR) is 224 cm³/mol. The van der Waals surface area contributed by atoms with Crippen molar-refractivity contribution in [2.24, 2.45) is 23.5 Å². The zero-order chi connectivity index (χ0) is 41.8. The monoisotopic (exact) mass is 805 g/mol. The summed E-state index contributed by atoms with van der Waals surface area (Å²) in [6, 6.07) is 27.9. The molecule has 1 saturated carbocycles. The number of rotatable bonds is 10. The summed E-state index contributed by atoms with van der Waals surface area (Å²) in [5, 5.41) is 1.21. The third-order valence-electron chi connectivity index (χ3n) is 12.4. The van der Waals surface area contributed by atoms with Crippen LogP contribution >= 0.6 is 0 Å². The molecule has 312 valence electrons. The zero-order valence-corrected chi connectivity index (χ0v) is 34.9. The minimum Gasteiger partial charge on any atom is -0.497 e. The molecular formula is C47H55N3O9. The highest BCUT2D eigenvalue weighted by molar-refractivity contribution is 5.91. The number of carbonyl (C=O) groups excluding carboxylic acids is 2. The molecule has 2 fully saturated rings. The van der Waals surface area contributed by atoms with Gasteiger partial charge in [0, 0.05) is 42.9 Å². The van der Waals surface area contributed by atoms with E-state index >= 15 is 0 Å². The Balaban J connectivity index is 0.000000295. The number of fused-ring (bicyclic) bond motifs is 6. The van der Waals surface area contributed by atoms with Gasteiger partial charge in [-0.25, -0.2) is 4.79 Å². The van der Waals surface area contributed by atoms with Crippen LogP contribution in [0.3, 0.4) is 0 Å². The van der Waals surface area contributed by atoms with E-state index in [9.17, 15) is 9.59 Å². The second-order valence-corrected chi connectivity index (χ2v) is 15.5. The number of nitrogens with one attached hydrogen (secondary N) is 1. The lowest BCUT2D eigenvalue weighted by atomic mass is 9.63. The largest absolute Gasteiger partial charge is 0.497 e. The molecular weight excluding hydrogens is 751 g/mol. The van der Waals surface area contributed by atoms with Crippen LogP contribution in [0.5, 0.6) is 23.0 Å². The van der Waals surface area contributed by atoms with Crippen LogP contribution in [0.2, 0.25) is 0 Å². The molecule has 3 heterocycles. The van der Waals surface area contributed by atoms with Gasteiger partial charge in [0.15, 0.2) is 11.5 Å². The van der Waals surface area contributed by atoms with Gasteiger partial charge >= 0.3 is 11.9 Å². The number of aryl methyl sites for hydroxylation is 1. The molecule has 1 unspecified atom stereocenters. The number of aromatic nitrogens is 1. The zero-order valence-electron chi connectivity index (χ0n) is 34.9. The lowest BCUT2D eigenvalue weighted by molar-refractivity contribution is -0.176. The maximum Gasteiger partial charge on any atom is 0.338 e. The first-order chi connectivity index (χ1) is 28.6.